The Kier molecular flexibility index (Phi) is 6.99. The molecule has 0 radical (unpaired) electrons. The van der Waals surface area contributed by atoms with Crippen molar-refractivity contribution in [1.29, 1.82) is 0 Å². The lowest BCUT2D eigenvalue weighted by Gasteiger charge is -2.07. The van der Waals surface area contributed by atoms with Gasteiger partial charge in [-0.05, 0) is 51.0 Å². The molecule has 4 nitrogen and oxygen atoms in total. The zero-order valence-electron chi connectivity index (χ0n) is 19.5. The second-order valence-electron chi connectivity index (χ2n) is 8.52. The molecule has 5 heteroatoms. The Labute approximate surface area is 199 Å². The van der Waals surface area contributed by atoms with Gasteiger partial charge in [0.2, 0.25) is 5.91 Å². The number of amides is 1. The first-order valence-corrected chi connectivity index (χ1v) is 12.1. The Morgan fingerprint density at radius 3 is 2.00 bits per heavy atom. The van der Waals surface area contributed by atoms with Crippen LogP contribution >= 0.6 is 11.8 Å². The fraction of sp³-hybridized carbons (Fsp3) is 0.214. The van der Waals surface area contributed by atoms with Crippen molar-refractivity contribution in [3.05, 3.63) is 89.0 Å². The number of imidazole rings is 1. The van der Waals surface area contributed by atoms with Crippen molar-refractivity contribution in [3.8, 4) is 22.5 Å². The first-order valence-electron chi connectivity index (χ1n) is 11.1. The number of aromatic nitrogens is 2. The first-order chi connectivity index (χ1) is 15.9. The average molecular weight is 456 g/mol. The van der Waals surface area contributed by atoms with Crippen LogP contribution < -0.4 is 5.32 Å². The minimum absolute atomic E-state index is 0.0107. The molecule has 0 fully saturated rings. The minimum atomic E-state index is 0.0107. The molecule has 0 atom stereocenters. The fourth-order valence-electron chi connectivity index (χ4n) is 3.78. The maximum atomic E-state index is 12.4. The molecule has 0 aliphatic carbocycles. The van der Waals surface area contributed by atoms with E-state index in [-0.39, 0.29) is 5.91 Å². The zero-order valence-corrected chi connectivity index (χ0v) is 20.3. The maximum absolute atomic E-state index is 12.4. The van der Waals surface area contributed by atoms with Crippen LogP contribution in [0.15, 0.2) is 71.9 Å². The summed E-state index contributed by atoms with van der Waals surface area (Å²) in [5, 5.41) is 3.83. The number of aromatic amines is 1. The number of H-pyrrole nitrogens is 1. The van der Waals surface area contributed by atoms with Crippen molar-refractivity contribution >= 4 is 23.4 Å². The lowest BCUT2D eigenvalue weighted by Crippen LogP contribution is -2.12. The number of thioether (sulfide) groups is 1. The molecule has 0 aliphatic heterocycles. The van der Waals surface area contributed by atoms with Gasteiger partial charge in [-0.25, -0.2) is 4.98 Å². The molecule has 4 rings (SSSR count). The van der Waals surface area contributed by atoms with Crippen molar-refractivity contribution in [2.45, 2.75) is 39.3 Å². The summed E-state index contributed by atoms with van der Waals surface area (Å²) in [5.41, 5.74) is 9.68. The van der Waals surface area contributed by atoms with Gasteiger partial charge in [0.1, 0.15) is 0 Å². The Morgan fingerprint density at radius 2 is 1.39 bits per heavy atom. The molecule has 0 saturated carbocycles. The number of carbonyl (C=O) groups is 1. The SMILES string of the molecule is Cc1ccc(-c2nc(SCCC(=O)Nc3cc(C)cc(C)c3)[nH]c2-c2ccc(C)cc2)cc1. The molecule has 1 amide bonds. The lowest BCUT2D eigenvalue weighted by atomic mass is 10.0. The van der Waals surface area contributed by atoms with E-state index in [0.717, 1.165) is 44.5 Å². The van der Waals surface area contributed by atoms with E-state index in [1.807, 2.05) is 26.0 Å². The second-order valence-corrected chi connectivity index (χ2v) is 9.60. The van der Waals surface area contributed by atoms with Gasteiger partial charge in [0.15, 0.2) is 5.16 Å². The summed E-state index contributed by atoms with van der Waals surface area (Å²) in [4.78, 5) is 20.8. The van der Waals surface area contributed by atoms with E-state index in [2.05, 4.69) is 78.7 Å². The number of nitrogens with one attached hydrogen (secondary N) is 2. The van der Waals surface area contributed by atoms with Gasteiger partial charge in [-0.1, -0.05) is 77.5 Å². The molecule has 0 bridgehead atoms. The van der Waals surface area contributed by atoms with Gasteiger partial charge < -0.3 is 10.3 Å². The standard InChI is InChI=1S/C28H29N3OS/c1-18-5-9-22(10-6-18)26-27(23-11-7-19(2)8-12-23)31-28(30-26)33-14-13-25(32)29-24-16-20(3)15-21(4)17-24/h5-12,15-17H,13-14H2,1-4H3,(H,29,32)(H,30,31). The lowest BCUT2D eigenvalue weighted by molar-refractivity contribution is -0.115. The highest BCUT2D eigenvalue weighted by Crippen LogP contribution is 2.33. The van der Waals surface area contributed by atoms with Gasteiger partial charge in [0.05, 0.1) is 11.4 Å². The molecule has 168 valence electrons. The van der Waals surface area contributed by atoms with E-state index in [1.165, 1.54) is 11.1 Å². The van der Waals surface area contributed by atoms with Crippen LogP contribution in [0.1, 0.15) is 28.7 Å². The van der Waals surface area contributed by atoms with E-state index < -0.39 is 0 Å². The number of hydrogen-bond acceptors (Lipinski definition) is 3. The largest absolute Gasteiger partial charge is 0.332 e. The summed E-state index contributed by atoms with van der Waals surface area (Å²) in [6.45, 7) is 8.24. The van der Waals surface area contributed by atoms with Gasteiger partial charge in [0, 0.05) is 29.0 Å². The van der Waals surface area contributed by atoms with Gasteiger partial charge in [0.25, 0.3) is 0 Å². The summed E-state index contributed by atoms with van der Waals surface area (Å²) in [7, 11) is 0. The number of anilines is 1. The highest BCUT2D eigenvalue weighted by molar-refractivity contribution is 7.99. The molecule has 0 saturated heterocycles. The topological polar surface area (TPSA) is 57.8 Å². The Hall–Kier alpha value is -3.31. The first kappa shape index (κ1) is 22.9. The van der Waals surface area contributed by atoms with Crippen molar-refractivity contribution in [2.75, 3.05) is 11.1 Å². The van der Waals surface area contributed by atoms with Crippen LogP contribution in [0.3, 0.4) is 0 Å². The molecule has 1 heterocycles. The number of aryl methyl sites for hydroxylation is 4. The van der Waals surface area contributed by atoms with Gasteiger partial charge in [-0.15, -0.1) is 0 Å². The predicted molar refractivity (Wildman–Crippen MR) is 139 cm³/mol. The van der Waals surface area contributed by atoms with E-state index in [0.29, 0.717) is 12.2 Å². The third-order valence-corrected chi connectivity index (χ3v) is 6.30. The van der Waals surface area contributed by atoms with Crippen molar-refractivity contribution < 1.29 is 4.79 Å². The number of nitrogens with zero attached hydrogens (tertiary/aromatic N) is 1. The third-order valence-electron chi connectivity index (χ3n) is 5.42. The number of rotatable bonds is 7. The molecule has 0 aliphatic rings. The summed E-state index contributed by atoms with van der Waals surface area (Å²) >= 11 is 1.57. The number of carbonyl (C=O) groups excluding carboxylic acids is 1. The molecular weight excluding hydrogens is 426 g/mol. The van der Waals surface area contributed by atoms with E-state index in [9.17, 15) is 4.79 Å². The smallest absolute Gasteiger partial charge is 0.225 e. The van der Waals surface area contributed by atoms with Crippen LogP contribution in [0.5, 0.6) is 0 Å². The number of benzene rings is 3. The molecule has 0 unspecified atom stereocenters. The second kappa shape index (κ2) is 10.1. The van der Waals surface area contributed by atoms with Crippen LogP contribution in [0.2, 0.25) is 0 Å². The van der Waals surface area contributed by atoms with Gasteiger partial charge in [-0.2, -0.15) is 0 Å². The summed E-state index contributed by atoms with van der Waals surface area (Å²) < 4.78 is 0. The predicted octanol–water partition coefficient (Wildman–Crippen LogP) is 7.10. The van der Waals surface area contributed by atoms with E-state index in [4.69, 9.17) is 4.98 Å². The molecule has 3 aromatic carbocycles. The Bertz CT molecular complexity index is 1170. The normalized spacial score (nSPS) is 10.9. The van der Waals surface area contributed by atoms with Crippen LogP contribution in [0.25, 0.3) is 22.5 Å². The molecule has 33 heavy (non-hydrogen) atoms. The van der Waals surface area contributed by atoms with Crippen LogP contribution in [0.4, 0.5) is 5.69 Å². The van der Waals surface area contributed by atoms with Crippen molar-refractivity contribution in [3.63, 3.8) is 0 Å². The van der Waals surface area contributed by atoms with E-state index in [1.54, 1.807) is 11.8 Å². The van der Waals surface area contributed by atoms with Crippen molar-refractivity contribution in [1.82, 2.24) is 9.97 Å². The molecule has 4 aromatic rings. The van der Waals surface area contributed by atoms with Crippen LogP contribution in [-0.2, 0) is 4.79 Å². The fourth-order valence-corrected chi connectivity index (χ4v) is 4.59. The van der Waals surface area contributed by atoms with Gasteiger partial charge >= 0.3 is 0 Å². The average Bonchev–Trinajstić information content (AvgIpc) is 3.18. The minimum Gasteiger partial charge on any atom is -0.332 e. The quantitative estimate of drug-likeness (QED) is 0.292. The highest BCUT2D eigenvalue weighted by atomic mass is 32.2. The van der Waals surface area contributed by atoms with Crippen molar-refractivity contribution in [2.24, 2.45) is 0 Å². The monoisotopic (exact) mass is 455 g/mol. The Morgan fingerprint density at radius 1 is 0.818 bits per heavy atom. The van der Waals surface area contributed by atoms with Crippen LogP contribution in [0, 0.1) is 27.7 Å². The summed E-state index contributed by atoms with van der Waals surface area (Å²) in [6, 6.07) is 23.0. The third kappa shape index (κ3) is 5.93. The molecule has 0 spiro atoms. The Balaban J connectivity index is 1.48. The van der Waals surface area contributed by atoms with Gasteiger partial charge in [-0.3, -0.25) is 4.79 Å². The molecular formula is C28H29N3OS. The maximum Gasteiger partial charge on any atom is 0.225 e. The zero-order chi connectivity index (χ0) is 23.4. The summed E-state index contributed by atoms with van der Waals surface area (Å²) in [5.74, 6) is 0.654. The molecule has 2 N–H and O–H groups in total. The highest BCUT2D eigenvalue weighted by Gasteiger charge is 2.15. The number of hydrogen-bond donors (Lipinski definition) is 2. The van der Waals surface area contributed by atoms with E-state index >= 15 is 0 Å². The molecule has 1 aromatic heterocycles. The summed E-state index contributed by atoms with van der Waals surface area (Å²) in [6.07, 6.45) is 0.415. The van der Waals surface area contributed by atoms with Crippen LogP contribution in [-0.4, -0.2) is 21.6 Å².